The van der Waals surface area contributed by atoms with Gasteiger partial charge in [0.25, 0.3) is 0 Å². The van der Waals surface area contributed by atoms with E-state index in [9.17, 15) is 13.2 Å². The molecule has 0 spiro atoms. The van der Waals surface area contributed by atoms with Crippen molar-refractivity contribution >= 4 is 17.7 Å². The summed E-state index contributed by atoms with van der Waals surface area (Å²) in [5.74, 6) is 1.61. The molecule has 4 rings (SSSR count). The molecular formula is C22H26F3N8+. The second kappa shape index (κ2) is 8.80. The van der Waals surface area contributed by atoms with Crippen LogP contribution in [0.4, 0.5) is 19.0 Å². The quantitative estimate of drug-likeness (QED) is 0.563. The van der Waals surface area contributed by atoms with Crippen molar-refractivity contribution < 1.29 is 18.6 Å². The van der Waals surface area contributed by atoms with E-state index < -0.39 is 12.6 Å². The number of halogens is 3. The Kier molecular flexibility index (Phi) is 6.05. The Morgan fingerprint density at radius 1 is 1.24 bits per heavy atom. The average molecular weight is 460 g/mol. The minimum Gasteiger partial charge on any atom is -0.404 e. The number of nitrogens with two attached hydrogens (primary N) is 2. The Labute approximate surface area is 188 Å². The lowest BCUT2D eigenvalue weighted by Crippen LogP contribution is -2.49. The summed E-state index contributed by atoms with van der Waals surface area (Å²) in [6.07, 6.45) is 4.40. The Morgan fingerprint density at radius 3 is 2.73 bits per heavy atom. The van der Waals surface area contributed by atoms with E-state index in [0.29, 0.717) is 23.1 Å². The van der Waals surface area contributed by atoms with Crippen molar-refractivity contribution in [2.24, 2.45) is 17.6 Å². The number of nitrogens with zero attached hydrogens (tertiary/aromatic N) is 6. The fraction of sp³-hybridized carbons (Fsp3) is 0.409. The first kappa shape index (κ1) is 22.7. The molecule has 11 heteroatoms. The highest BCUT2D eigenvalue weighted by Gasteiger charge is 2.35. The van der Waals surface area contributed by atoms with E-state index in [1.54, 1.807) is 18.6 Å². The molecule has 0 bridgehead atoms. The first-order valence-corrected chi connectivity index (χ1v) is 10.7. The number of hydrogen-bond acceptors (Lipinski definition) is 6. The summed E-state index contributed by atoms with van der Waals surface area (Å²) in [6.45, 7) is 5.07. The highest BCUT2D eigenvalue weighted by atomic mass is 19.4. The van der Waals surface area contributed by atoms with Crippen LogP contribution in [0.2, 0.25) is 0 Å². The molecule has 1 fully saturated rings. The van der Waals surface area contributed by atoms with Gasteiger partial charge in [-0.15, -0.1) is 0 Å². The molecule has 33 heavy (non-hydrogen) atoms. The van der Waals surface area contributed by atoms with E-state index in [1.165, 1.54) is 23.0 Å². The lowest BCUT2D eigenvalue weighted by atomic mass is 9.80. The van der Waals surface area contributed by atoms with Crippen LogP contribution in [0.15, 0.2) is 42.6 Å². The molecule has 1 aliphatic heterocycles. The highest BCUT2D eigenvalue weighted by Crippen LogP contribution is 2.34. The van der Waals surface area contributed by atoms with Crippen LogP contribution in [0.5, 0.6) is 0 Å². The number of anilines is 1. The molecule has 0 aliphatic carbocycles. The van der Waals surface area contributed by atoms with Gasteiger partial charge in [-0.3, -0.25) is 14.8 Å². The van der Waals surface area contributed by atoms with Gasteiger partial charge in [0.05, 0.1) is 24.5 Å². The van der Waals surface area contributed by atoms with Gasteiger partial charge in [-0.2, -0.15) is 13.2 Å². The summed E-state index contributed by atoms with van der Waals surface area (Å²) in [4.78, 5) is 19.4. The fourth-order valence-corrected chi connectivity index (χ4v) is 4.47. The number of piperidine rings is 1. The van der Waals surface area contributed by atoms with Gasteiger partial charge in [0.1, 0.15) is 11.5 Å². The third-order valence-corrected chi connectivity index (χ3v) is 6.05. The van der Waals surface area contributed by atoms with E-state index >= 15 is 0 Å². The Morgan fingerprint density at radius 2 is 2.03 bits per heavy atom. The molecule has 3 aromatic rings. The molecule has 1 aliphatic rings. The fourth-order valence-electron chi connectivity index (χ4n) is 4.47. The second-order valence-corrected chi connectivity index (χ2v) is 8.45. The Hall–Kier alpha value is -3.50. The smallest absolute Gasteiger partial charge is 0.394 e. The largest absolute Gasteiger partial charge is 0.404 e. The van der Waals surface area contributed by atoms with Crippen LogP contribution < -0.4 is 16.0 Å². The Bertz CT molecular complexity index is 1190. The van der Waals surface area contributed by atoms with Crippen LogP contribution in [0.3, 0.4) is 0 Å². The molecule has 0 amide bonds. The topological polar surface area (TPSA) is 111 Å². The summed E-state index contributed by atoms with van der Waals surface area (Å²) < 4.78 is 40.1. The molecule has 4 heterocycles. The van der Waals surface area contributed by atoms with Crippen molar-refractivity contribution in [1.82, 2.24) is 24.3 Å². The van der Waals surface area contributed by atoms with Gasteiger partial charge in [-0.1, -0.05) is 6.92 Å². The van der Waals surface area contributed by atoms with Gasteiger partial charge in [0.2, 0.25) is 0 Å². The maximum atomic E-state index is 12.8. The molecule has 3 unspecified atom stereocenters. The van der Waals surface area contributed by atoms with Gasteiger partial charge in [-0.05, 0) is 25.3 Å². The Balaban J connectivity index is 1.70. The summed E-state index contributed by atoms with van der Waals surface area (Å²) >= 11 is 0. The summed E-state index contributed by atoms with van der Waals surface area (Å²) in [7, 11) is 0. The summed E-state index contributed by atoms with van der Waals surface area (Å²) in [5.41, 5.74) is 7.49. The molecule has 3 aromatic heterocycles. The van der Waals surface area contributed by atoms with Crippen LogP contribution in [-0.4, -0.2) is 49.3 Å². The van der Waals surface area contributed by atoms with E-state index in [2.05, 4.69) is 33.7 Å². The molecule has 174 valence electrons. The van der Waals surface area contributed by atoms with E-state index in [0.717, 1.165) is 24.4 Å². The molecule has 4 N–H and O–H groups in total. The van der Waals surface area contributed by atoms with Crippen molar-refractivity contribution in [3.63, 3.8) is 0 Å². The molecule has 0 saturated carbocycles. The molecule has 1 saturated heterocycles. The van der Waals surface area contributed by atoms with Crippen LogP contribution in [-0.2, 0) is 6.42 Å². The molecule has 0 aromatic carbocycles. The SMILES string of the molecule is CC1CC(/C(C=[NH2+])=C/N)C(C)N(c2ccnc(-c3cnc4cnc(CC(F)(F)F)cn34)n2)C1. The van der Waals surface area contributed by atoms with Gasteiger partial charge in [0, 0.05) is 42.7 Å². The van der Waals surface area contributed by atoms with Gasteiger partial charge >= 0.3 is 6.18 Å². The van der Waals surface area contributed by atoms with Gasteiger partial charge in [0.15, 0.2) is 17.7 Å². The predicted molar refractivity (Wildman–Crippen MR) is 118 cm³/mol. The number of aromatic nitrogens is 5. The van der Waals surface area contributed by atoms with Crippen molar-refractivity contribution in [2.75, 3.05) is 11.4 Å². The third-order valence-electron chi connectivity index (χ3n) is 6.05. The van der Waals surface area contributed by atoms with Gasteiger partial charge < -0.3 is 10.6 Å². The summed E-state index contributed by atoms with van der Waals surface area (Å²) in [5, 5.41) is 5.79. The number of imidazole rings is 1. The molecule has 8 nitrogen and oxygen atoms in total. The van der Waals surface area contributed by atoms with Gasteiger partial charge in [-0.25, -0.2) is 15.0 Å². The van der Waals surface area contributed by atoms with Crippen LogP contribution >= 0.6 is 0 Å². The van der Waals surface area contributed by atoms with E-state index in [-0.39, 0.29) is 17.7 Å². The normalized spacial score (nSPS) is 22.0. The number of rotatable bonds is 5. The molecule has 3 atom stereocenters. The maximum absolute atomic E-state index is 12.8. The van der Waals surface area contributed by atoms with Crippen LogP contribution in [0, 0.1) is 11.8 Å². The van der Waals surface area contributed by atoms with Crippen LogP contribution in [0.25, 0.3) is 17.2 Å². The monoisotopic (exact) mass is 459 g/mol. The highest BCUT2D eigenvalue weighted by molar-refractivity contribution is 5.74. The minimum absolute atomic E-state index is 0.0864. The number of alkyl halides is 3. The molecule has 0 radical (unpaired) electrons. The van der Waals surface area contributed by atoms with Crippen molar-refractivity contribution in [3.8, 4) is 11.5 Å². The van der Waals surface area contributed by atoms with Crippen molar-refractivity contribution in [2.45, 2.75) is 38.9 Å². The first-order chi connectivity index (χ1) is 15.7. The first-order valence-electron chi connectivity index (χ1n) is 10.7. The van der Waals surface area contributed by atoms with Crippen molar-refractivity contribution in [3.05, 3.63) is 48.3 Å². The second-order valence-electron chi connectivity index (χ2n) is 8.45. The number of hydrogen-bond donors (Lipinski definition) is 2. The van der Waals surface area contributed by atoms with E-state index in [4.69, 9.17) is 16.1 Å². The predicted octanol–water partition coefficient (Wildman–Crippen LogP) is 1.81. The maximum Gasteiger partial charge on any atom is 0.394 e. The third kappa shape index (κ3) is 4.67. The summed E-state index contributed by atoms with van der Waals surface area (Å²) in [6, 6.07) is 1.91. The zero-order valence-electron chi connectivity index (χ0n) is 18.4. The average Bonchev–Trinajstić information content (AvgIpc) is 3.19. The zero-order valence-corrected chi connectivity index (χ0v) is 18.4. The minimum atomic E-state index is -4.35. The number of fused-ring (bicyclic) bond motifs is 1. The zero-order chi connectivity index (χ0) is 23.8. The molecular weight excluding hydrogens is 433 g/mol. The van der Waals surface area contributed by atoms with E-state index in [1.807, 2.05) is 6.07 Å². The standard InChI is InChI=1S/C22H25F3N8/c1-13-5-17(15(7-26)8-27)14(2)32(11-13)19-3-4-28-21(31-19)18-9-30-20-10-29-16(12-33(18)20)6-22(23,24)25/h3-4,7-10,12-14,17,26H,5-6,11,27H2,1-2H3/p+1/b15-8+,26-7?. The van der Waals surface area contributed by atoms with Crippen LogP contribution in [0.1, 0.15) is 26.0 Å². The lowest BCUT2D eigenvalue weighted by molar-refractivity contribution is -0.127. The lowest BCUT2D eigenvalue weighted by Gasteiger charge is -2.43. The van der Waals surface area contributed by atoms with Crippen molar-refractivity contribution in [1.29, 1.82) is 0 Å².